The van der Waals surface area contributed by atoms with Gasteiger partial charge in [-0.05, 0) is 31.5 Å². The van der Waals surface area contributed by atoms with E-state index < -0.39 is 0 Å². The molecule has 1 amide bonds. The second-order valence-electron chi connectivity index (χ2n) is 4.41. The highest BCUT2D eigenvalue weighted by atomic mass is 16.5. The lowest BCUT2D eigenvalue weighted by atomic mass is 10.0. The summed E-state index contributed by atoms with van der Waals surface area (Å²) in [5, 5.41) is 0. The molecule has 0 unspecified atom stereocenters. The van der Waals surface area contributed by atoms with Gasteiger partial charge in [-0.15, -0.1) is 0 Å². The van der Waals surface area contributed by atoms with Gasteiger partial charge in [-0.25, -0.2) is 0 Å². The van der Waals surface area contributed by atoms with Crippen LogP contribution in [0.5, 0.6) is 0 Å². The molecule has 0 aliphatic carbocycles. The summed E-state index contributed by atoms with van der Waals surface area (Å²) in [6, 6.07) is 5.56. The first-order valence-corrected chi connectivity index (χ1v) is 6.73. The van der Waals surface area contributed by atoms with Crippen LogP contribution in [0.1, 0.15) is 28.4 Å². The largest absolute Gasteiger partial charge is 0.380 e. The molecule has 0 bridgehead atoms. The Bertz CT molecular complexity index is 515. The number of ether oxygens (including phenoxy) is 1. The lowest BCUT2D eigenvalue weighted by Crippen LogP contribution is -2.30. The van der Waals surface area contributed by atoms with E-state index in [0.717, 1.165) is 11.1 Å². The zero-order valence-electron chi connectivity index (χ0n) is 12.4. The van der Waals surface area contributed by atoms with Crippen molar-refractivity contribution in [2.45, 2.75) is 13.8 Å². The second kappa shape index (κ2) is 8.36. The predicted octanol–water partition coefficient (Wildman–Crippen LogP) is 1.41. The van der Waals surface area contributed by atoms with E-state index in [0.29, 0.717) is 31.9 Å². The molecule has 1 aromatic rings. The molecular formula is C16H22N2O2. The van der Waals surface area contributed by atoms with Gasteiger partial charge < -0.3 is 15.4 Å². The first kappa shape index (κ1) is 16.2. The van der Waals surface area contributed by atoms with E-state index in [1.165, 1.54) is 0 Å². The van der Waals surface area contributed by atoms with Crippen molar-refractivity contribution in [3.63, 3.8) is 0 Å². The third-order valence-electron chi connectivity index (χ3n) is 3.01. The average Bonchev–Trinajstić information content (AvgIpc) is 2.45. The van der Waals surface area contributed by atoms with Crippen LogP contribution < -0.4 is 5.73 Å². The van der Waals surface area contributed by atoms with Gasteiger partial charge in [0.15, 0.2) is 0 Å². The molecule has 108 valence electrons. The van der Waals surface area contributed by atoms with Crippen molar-refractivity contribution < 1.29 is 9.53 Å². The van der Waals surface area contributed by atoms with Crippen LogP contribution in [0.2, 0.25) is 0 Å². The van der Waals surface area contributed by atoms with Crippen LogP contribution in [0.4, 0.5) is 0 Å². The van der Waals surface area contributed by atoms with Crippen LogP contribution in [0, 0.1) is 18.8 Å². The summed E-state index contributed by atoms with van der Waals surface area (Å²) in [5.74, 6) is 5.79. The molecule has 4 heteroatoms. The van der Waals surface area contributed by atoms with Crippen molar-refractivity contribution >= 4 is 5.91 Å². The van der Waals surface area contributed by atoms with Crippen molar-refractivity contribution in [2.24, 2.45) is 5.73 Å². The Morgan fingerprint density at radius 3 is 2.85 bits per heavy atom. The summed E-state index contributed by atoms with van der Waals surface area (Å²) in [6.45, 7) is 5.93. The highest BCUT2D eigenvalue weighted by Crippen LogP contribution is 2.14. The smallest absolute Gasteiger partial charge is 0.253 e. The Morgan fingerprint density at radius 2 is 2.20 bits per heavy atom. The molecule has 20 heavy (non-hydrogen) atoms. The quantitative estimate of drug-likeness (QED) is 0.652. The molecule has 0 fully saturated rings. The van der Waals surface area contributed by atoms with Crippen LogP contribution in [-0.2, 0) is 4.74 Å². The first-order chi connectivity index (χ1) is 9.61. The molecule has 1 aromatic carbocycles. The van der Waals surface area contributed by atoms with Crippen LogP contribution in [0.3, 0.4) is 0 Å². The molecule has 0 saturated heterocycles. The number of nitrogens with two attached hydrogens (primary N) is 1. The number of carbonyl (C=O) groups is 1. The number of hydrogen-bond acceptors (Lipinski definition) is 3. The van der Waals surface area contributed by atoms with Crippen molar-refractivity contribution in [2.75, 3.05) is 33.4 Å². The van der Waals surface area contributed by atoms with Crippen molar-refractivity contribution in [1.29, 1.82) is 0 Å². The minimum atomic E-state index is -0.0152. The number of likely N-dealkylation sites (N-methyl/N-ethyl adjacent to an activating group) is 1. The van der Waals surface area contributed by atoms with Crippen LogP contribution in [0.25, 0.3) is 0 Å². The van der Waals surface area contributed by atoms with Crippen molar-refractivity contribution in [3.8, 4) is 11.8 Å². The van der Waals surface area contributed by atoms with Crippen molar-refractivity contribution in [1.82, 2.24) is 4.90 Å². The number of carbonyl (C=O) groups excluding carboxylic acids is 1. The van der Waals surface area contributed by atoms with Gasteiger partial charge in [0.2, 0.25) is 0 Å². The Labute approximate surface area is 120 Å². The minimum absolute atomic E-state index is 0.0152. The molecule has 0 aliphatic heterocycles. The standard InChI is InChI=1S/C16H22N2O2/c1-4-20-12-11-18(3)16(19)15-9-5-7-14(13(15)2)8-6-10-17/h5,7,9H,4,10-12,17H2,1-3H3. The van der Waals surface area contributed by atoms with Gasteiger partial charge in [0.05, 0.1) is 13.2 Å². The third kappa shape index (κ3) is 4.37. The summed E-state index contributed by atoms with van der Waals surface area (Å²) in [7, 11) is 1.78. The summed E-state index contributed by atoms with van der Waals surface area (Å²) in [5.41, 5.74) is 7.79. The monoisotopic (exact) mass is 274 g/mol. The first-order valence-electron chi connectivity index (χ1n) is 6.73. The average molecular weight is 274 g/mol. The van der Waals surface area contributed by atoms with E-state index in [2.05, 4.69) is 11.8 Å². The zero-order valence-corrected chi connectivity index (χ0v) is 12.4. The number of rotatable bonds is 5. The molecule has 0 heterocycles. The fourth-order valence-corrected chi connectivity index (χ4v) is 1.80. The summed E-state index contributed by atoms with van der Waals surface area (Å²) < 4.78 is 5.27. The van der Waals surface area contributed by atoms with E-state index in [-0.39, 0.29) is 5.91 Å². The maximum Gasteiger partial charge on any atom is 0.253 e. The maximum atomic E-state index is 12.4. The number of amides is 1. The molecule has 0 spiro atoms. The van der Waals surface area contributed by atoms with Gasteiger partial charge in [-0.1, -0.05) is 17.9 Å². The van der Waals surface area contributed by atoms with E-state index in [4.69, 9.17) is 10.5 Å². The van der Waals surface area contributed by atoms with Gasteiger partial charge in [-0.3, -0.25) is 4.79 Å². The molecule has 0 atom stereocenters. The maximum absolute atomic E-state index is 12.4. The lowest BCUT2D eigenvalue weighted by molar-refractivity contribution is 0.0709. The highest BCUT2D eigenvalue weighted by molar-refractivity contribution is 5.96. The van der Waals surface area contributed by atoms with Crippen LogP contribution >= 0.6 is 0 Å². The fraction of sp³-hybridized carbons (Fsp3) is 0.438. The predicted molar refractivity (Wildman–Crippen MR) is 80.6 cm³/mol. The van der Waals surface area contributed by atoms with E-state index in [1.807, 2.05) is 32.0 Å². The Hall–Kier alpha value is -1.83. The summed E-state index contributed by atoms with van der Waals surface area (Å²) in [6.07, 6.45) is 0. The fourth-order valence-electron chi connectivity index (χ4n) is 1.80. The van der Waals surface area contributed by atoms with Gasteiger partial charge in [0.25, 0.3) is 5.91 Å². The summed E-state index contributed by atoms with van der Waals surface area (Å²) >= 11 is 0. The normalized spacial score (nSPS) is 9.80. The van der Waals surface area contributed by atoms with Gasteiger partial charge >= 0.3 is 0 Å². The number of nitrogens with zero attached hydrogens (tertiary/aromatic N) is 1. The van der Waals surface area contributed by atoms with Gasteiger partial charge in [0, 0.05) is 31.3 Å². The lowest BCUT2D eigenvalue weighted by Gasteiger charge is -2.18. The number of benzene rings is 1. The number of hydrogen-bond donors (Lipinski definition) is 1. The van der Waals surface area contributed by atoms with Gasteiger partial charge in [0.1, 0.15) is 0 Å². The zero-order chi connectivity index (χ0) is 15.0. The Morgan fingerprint density at radius 1 is 1.45 bits per heavy atom. The third-order valence-corrected chi connectivity index (χ3v) is 3.01. The topological polar surface area (TPSA) is 55.6 Å². The molecule has 0 radical (unpaired) electrons. The highest BCUT2D eigenvalue weighted by Gasteiger charge is 2.15. The summed E-state index contributed by atoms with van der Waals surface area (Å²) in [4.78, 5) is 14.0. The van der Waals surface area contributed by atoms with E-state index >= 15 is 0 Å². The van der Waals surface area contributed by atoms with E-state index in [1.54, 1.807) is 11.9 Å². The second-order valence-corrected chi connectivity index (χ2v) is 4.41. The van der Waals surface area contributed by atoms with Crippen LogP contribution in [0.15, 0.2) is 18.2 Å². The molecule has 1 rings (SSSR count). The molecule has 4 nitrogen and oxygen atoms in total. The molecular weight excluding hydrogens is 252 g/mol. The van der Waals surface area contributed by atoms with Gasteiger partial charge in [-0.2, -0.15) is 0 Å². The molecule has 2 N–H and O–H groups in total. The Balaban J connectivity index is 2.87. The molecule has 0 aromatic heterocycles. The van der Waals surface area contributed by atoms with Crippen LogP contribution in [-0.4, -0.2) is 44.2 Å². The SMILES string of the molecule is CCOCCN(C)C(=O)c1cccc(C#CCN)c1C. The molecule has 0 aliphatic rings. The molecule has 0 saturated carbocycles. The minimum Gasteiger partial charge on any atom is -0.380 e. The van der Waals surface area contributed by atoms with Crippen molar-refractivity contribution in [3.05, 3.63) is 34.9 Å². The Kier molecular flexibility index (Phi) is 6.78. The van der Waals surface area contributed by atoms with E-state index in [9.17, 15) is 4.79 Å².